The molecule has 178 valence electrons. The van der Waals surface area contributed by atoms with E-state index < -0.39 is 11.8 Å². The summed E-state index contributed by atoms with van der Waals surface area (Å²) >= 11 is 1.48. The lowest BCUT2D eigenvalue weighted by atomic mass is 10.1. The normalized spacial score (nSPS) is 10.6. The number of para-hydroxylation sites is 1. The van der Waals surface area contributed by atoms with E-state index in [4.69, 9.17) is 5.21 Å². The number of hydrogen-bond donors (Lipinski definition) is 3. The summed E-state index contributed by atoms with van der Waals surface area (Å²) < 4.78 is 2.86. The fraction of sp³-hybridized carbons (Fsp3) is 0.280. The van der Waals surface area contributed by atoms with Gasteiger partial charge in [0.25, 0.3) is 5.91 Å². The standard InChI is InChI=1S/C23H22N4O4S.C2H6/c28-21(26-31)8-2-1-5-11-27-13-17(22(29)16-6-3-4-7-19(16)27)23(30)25-15-9-10-18-20(12-15)32-14-24-18;1-2/h3-4,6-7,9-10,12-14,31H,1-2,5,8,11H2,(H,25,30)(H,26,28);1-2H3. The van der Waals surface area contributed by atoms with E-state index in [9.17, 15) is 14.4 Å². The number of hydroxylamine groups is 1. The molecule has 0 fully saturated rings. The maximum atomic E-state index is 13.0. The molecule has 3 N–H and O–H groups in total. The van der Waals surface area contributed by atoms with Gasteiger partial charge in [0, 0.05) is 30.2 Å². The predicted molar refractivity (Wildman–Crippen MR) is 136 cm³/mol. The number of carbonyl (C=O) groups excluding carboxylic acids is 2. The molecule has 2 amide bonds. The number of unbranched alkanes of at least 4 members (excludes halogenated alkanes) is 2. The number of nitrogens with one attached hydrogen (secondary N) is 2. The van der Waals surface area contributed by atoms with Crippen LogP contribution < -0.4 is 16.2 Å². The molecule has 0 unspecified atom stereocenters. The van der Waals surface area contributed by atoms with Gasteiger partial charge in [0.1, 0.15) is 5.56 Å². The number of fused-ring (bicyclic) bond motifs is 2. The molecule has 4 rings (SSSR count). The molecule has 2 aromatic heterocycles. The molecule has 0 bridgehead atoms. The Balaban J connectivity index is 0.00000158. The lowest BCUT2D eigenvalue weighted by molar-refractivity contribution is -0.129. The molecule has 0 radical (unpaired) electrons. The average molecular weight is 481 g/mol. The molecule has 0 saturated carbocycles. The molecule has 0 aliphatic rings. The first-order chi connectivity index (χ1) is 16.6. The molecule has 8 nitrogen and oxygen atoms in total. The minimum atomic E-state index is -0.460. The van der Waals surface area contributed by atoms with E-state index in [0.29, 0.717) is 24.0 Å². The molecular weight excluding hydrogens is 452 g/mol. The van der Waals surface area contributed by atoms with Crippen molar-refractivity contribution in [3.63, 3.8) is 0 Å². The van der Waals surface area contributed by atoms with Crippen molar-refractivity contribution in [2.24, 2.45) is 0 Å². The van der Waals surface area contributed by atoms with Gasteiger partial charge in [0.15, 0.2) is 0 Å². The second-order valence-electron chi connectivity index (χ2n) is 7.42. The summed E-state index contributed by atoms with van der Waals surface area (Å²) in [6.07, 6.45) is 4.02. The number of nitrogens with zero attached hydrogens (tertiary/aromatic N) is 2. The number of rotatable bonds is 8. The summed E-state index contributed by atoms with van der Waals surface area (Å²) in [5.74, 6) is -0.868. The van der Waals surface area contributed by atoms with Crippen LogP contribution in [0.25, 0.3) is 21.1 Å². The fourth-order valence-corrected chi connectivity index (χ4v) is 4.34. The van der Waals surface area contributed by atoms with Crippen LogP contribution in [0.5, 0.6) is 0 Å². The van der Waals surface area contributed by atoms with Crippen LogP contribution in [-0.2, 0) is 11.3 Å². The Labute approximate surface area is 201 Å². The van der Waals surface area contributed by atoms with Crippen molar-refractivity contribution in [2.75, 3.05) is 5.32 Å². The Morgan fingerprint density at radius 3 is 2.68 bits per heavy atom. The van der Waals surface area contributed by atoms with Gasteiger partial charge >= 0.3 is 0 Å². The summed E-state index contributed by atoms with van der Waals surface area (Å²) in [6.45, 7) is 4.59. The highest BCUT2D eigenvalue weighted by Gasteiger charge is 2.16. The zero-order valence-electron chi connectivity index (χ0n) is 19.2. The molecule has 2 aromatic carbocycles. The lowest BCUT2D eigenvalue weighted by Gasteiger charge is -2.14. The molecule has 0 spiro atoms. The monoisotopic (exact) mass is 480 g/mol. The largest absolute Gasteiger partial charge is 0.346 e. The summed E-state index contributed by atoms with van der Waals surface area (Å²) in [5.41, 5.74) is 5.36. The van der Waals surface area contributed by atoms with Crippen LogP contribution in [-0.4, -0.2) is 26.6 Å². The third-order valence-corrected chi connectivity index (χ3v) is 6.04. The maximum Gasteiger partial charge on any atom is 0.261 e. The highest BCUT2D eigenvalue weighted by molar-refractivity contribution is 7.16. The van der Waals surface area contributed by atoms with Crippen LogP contribution >= 0.6 is 11.3 Å². The van der Waals surface area contributed by atoms with E-state index in [1.54, 1.807) is 35.4 Å². The molecule has 2 heterocycles. The van der Waals surface area contributed by atoms with Gasteiger partial charge in [-0.3, -0.25) is 19.6 Å². The number of hydrogen-bond acceptors (Lipinski definition) is 6. The van der Waals surface area contributed by atoms with Crippen molar-refractivity contribution >= 4 is 50.0 Å². The van der Waals surface area contributed by atoms with E-state index in [1.807, 2.05) is 42.7 Å². The first-order valence-corrected chi connectivity index (χ1v) is 12.1. The van der Waals surface area contributed by atoms with Gasteiger partial charge in [-0.2, -0.15) is 0 Å². The van der Waals surface area contributed by atoms with E-state index in [2.05, 4.69) is 10.3 Å². The number of benzene rings is 2. The summed E-state index contributed by atoms with van der Waals surface area (Å²) in [7, 11) is 0. The van der Waals surface area contributed by atoms with Crippen LogP contribution in [0.4, 0.5) is 5.69 Å². The first-order valence-electron chi connectivity index (χ1n) is 11.3. The van der Waals surface area contributed by atoms with Crippen molar-refractivity contribution in [1.29, 1.82) is 0 Å². The molecule has 4 aromatic rings. The van der Waals surface area contributed by atoms with Gasteiger partial charge in [0.2, 0.25) is 11.3 Å². The highest BCUT2D eigenvalue weighted by Crippen LogP contribution is 2.22. The Kier molecular flexibility index (Phi) is 8.89. The Morgan fingerprint density at radius 2 is 1.88 bits per heavy atom. The van der Waals surface area contributed by atoms with Gasteiger partial charge < -0.3 is 9.88 Å². The fourth-order valence-electron chi connectivity index (χ4n) is 3.62. The second kappa shape index (κ2) is 12.1. The van der Waals surface area contributed by atoms with Crippen LogP contribution in [0.1, 0.15) is 49.9 Å². The molecule has 34 heavy (non-hydrogen) atoms. The number of carbonyl (C=O) groups is 2. The Bertz CT molecular complexity index is 1350. The van der Waals surface area contributed by atoms with E-state index in [-0.39, 0.29) is 17.4 Å². The SMILES string of the molecule is CC.O=C(CCCCCn1cc(C(=O)Nc2ccc3ncsc3c2)c(=O)c2ccccc21)NO. The molecule has 9 heteroatoms. The average Bonchev–Trinajstić information content (AvgIpc) is 3.34. The van der Waals surface area contributed by atoms with Crippen LogP contribution in [0, 0.1) is 0 Å². The number of amides is 2. The van der Waals surface area contributed by atoms with Gasteiger partial charge in [-0.05, 0) is 43.2 Å². The van der Waals surface area contributed by atoms with Crippen LogP contribution in [0.3, 0.4) is 0 Å². The molecular formula is C25H28N4O4S. The van der Waals surface area contributed by atoms with Crippen molar-refractivity contribution in [3.05, 3.63) is 70.0 Å². The van der Waals surface area contributed by atoms with Crippen molar-refractivity contribution in [1.82, 2.24) is 15.0 Å². The number of anilines is 1. The quantitative estimate of drug-likeness (QED) is 0.187. The van der Waals surface area contributed by atoms with Gasteiger partial charge in [-0.15, -0.1) is 11.3 Å². The molecule has 0 atom stereocenters. The zero-order valence-corrected chi connectivity index (χ0v) is 20.0. The topological polar surface area (TPSA) is 113 Å². The van der Waals surface area contributed by atoms with Crippen molar-refractivity contribution in [3.8, 4) is 0 Å². The minimum Gasteiger partial charge on any atom is -0.346 e. The Morgan fingerprint density at radius 1 is 1.09 bits per heavy atom. The number of pyridine rings is 1. The predicted octanol–water partition coefficient (Wildman–Crippen LogP) is 4.96. The third-order valence-electron chi connectivity index (χ3n) is 5.25. The molecule has 0 saturated heterocycles. The lowest BCUT2D eigenvalue weighted by Crippen LogP contribution is -2.24. The smallest absolute Gasteiger partial charge is 0.261 e. The van der Waals surface area contributed by atoms with Crippen molar-refractivity contribution < 1.29 is 14.8 Å². The number of thiazole rings is 1. The van der Waals surface area contributed by atoms with E-state index in [1.165, 1.54) is 11.3 Å². The van der Waals surface area contributed by atoms with E-state index >= 15 is 0 Å². The van der Waals surface area contributed by atoms with Gasteiger partial charge in [-0.1, -0.05) is 32.4 Å². The summed E-state index contributed by atoms with van der Waals surface area (Å²) in [5, 5.41) is 11.9. The van der Waals surface area contributed by atoms with E-state index in [0.717, 1.165) is 28.6 Å². The minimum absolute atomic E-state index is 0.0766. The zero-order chi connectivity index (χ0) is 24.5. The molecule has 0 aliphatic carbocycles. The second-order valence-corrected chi connectivity index (χ2v) is 8.30. The number of aromatic nitrogens is 2. The molecule has 0 aliphatic heterocycles. The first kappa shape index (κ1) is 25.1. The van der Waals surface area contributed by atoms with Gasteiger partial charge in [0.05, 0.1) is 21.2 Å². The summed E-state index contributed by atoms with van der Waals surface area (Å²) in [6, 6.07) is 12.6. The third kappa shape index (κ3) is 5.86. The Hall–Kier alpha value is -3.56. The van der Waals surface area contributed by atoms with Crippen molar-refractivity contribution in [2.45, 2.75) is 46.1 Å². The highest BCUT2D eigenvalue weighted by atomic mass is 32.1. The summed E-state index contributed by atoms with van der Waals surface area (Å²) in [4.78, 5) is 41.4. The van der Waals surface area contributed by atoms with Gasteiger partial charge in [-0.25, -0.2) is 10.5 Å². The van der Waals surface area contributed by atoms with Crippen LogP contribution in [0.15, 0.2) is 59.0 Å². The maximum absolute atomic E-state index is 13.0. The number of aryl methyl sites for hydroxylation is 1. The van der Waals surface area contributed by atoms with Crippen LogP contribution in [0.2, 0.25) is 0 Å².